The summed E-state index contributed by atoms with van der Waals surface area (Å²) < 4.78 is 15.7. The van der Waals surface area contributed by atoms with Gasteiger partial charge in [-0.15, -0.1) is 0 Å². The molecule has 1 aliphatic heterocycles. The Morgan fingerprint density at radius 3 is 1.47 bits per heavy atom. The maximum absolute atomic E-state index is 13.8. The lowest BCUT2D eigenvalue weighted by atomic mass is 9.79. The normalized spacial score (nSPS) is 18.9. The van der Waals surface area contributed by atoms with Gasteiger partial charge in [-0.3, -0.25) is 19.2 Å². The van der Waals surface area contributed by atoms with E-state index in [0.29, 0.717) is 12.8 Å². The highest BCUT2D eigenvalue weighted by molar-refractivity contribution is 5.90. The first-order chi connectivity index (χ1) is 19.9. The summed E-state index contributed by atoms with van der Waals surface area (Å²) in [4.78, 5) is 56.5. The van der Waals surface area contributed by atoms with Crippen molar-refractivity contribution in [1.29, 1.82) is 0 Å². The van der Waals surface area contributed by atoms with Crippen molar-refractivity contribution in [3.05, 3.63) is 0 Å². The zero-order chi connectivity index (χ0) is 33.1. The van der Waals surface area contributed by atoms with Gasteiger partial charge in [-0.25, -0.2) is 0 Å². The number of hydroxylamine groups is 2. The first-order valence-corrected chi connectivity index (χ1v) is 14.8. The van der Waals surface area contributed by atoms with E-state index in [2.05, 4.69) is 5.32 Å². The van der Waals surface area contributed by atoms with Gasteiger partial charge in [0.1, 0.15) is 13.1 Å². The van der Waals surface area contributed by atoms with Crippen LogP contribution >= 0.6 is 0 Å². The van der Waals surface area contributed by atoms with Crippen LogP contribution in [0, 0.1) is 0 Å². The smallest absolute Gasteiger partial charge is 0.242 e. The summed E-state index contributed by atoms with van der Waals surface area (Å²) in [6.07, 6.45) is 1.25. The second kappa shape index (κ2) is 17.2. The minimum Gasteiger partial charge on any atom is -0.383 e. The lowest BCUT2D eigenvalue weighted by Gasteiger charge is -2.51. The zero-order valence-corrected chi connectivity index (χ0v) is 27.8. The molecule has 0 saturated carbocycles. The molecule has 0 spiro atoms. The Kier molecular flexibility index (Phi) is 15.5. The molecule has 1 saturated heterocycles. The minimum absolute atomic E-state index is 0.0168. The van der Waals surface area contributed by atoms with Gasteiger partial charge in [0.25, 0.3) is 0 Å². The quantitative estimate of drug-likeness (QED) is 0.192. The largest absolute Gasteiger partial charge is 0.383 e. The third-order valence-corrected chi connectivity index (χ3v) is 7.90. The summed E-state index contributed by atoms with van der Waals surface area (Å²) in [6.45, 7) is 12.6. The van der Waals surface area contributed by atoms with Crippen LogP contribution in [-0.2, 0) is 33.4 Å². The fourth-order valence-electron chi connectivity index (χ4n) is 5.85. The van der Waals surface area contributed by atoms with Crippen molar-refractivity contribution in [3.63, 3.8) is 0 Å². The number of ether oxygens (including phenoxy) is 3. The van der Waals surface area contributed by atoms with Crippen molar-refractivity contribution < 1.29 is 38.6 Å². The molecule has 1 rings (SSSR count). The number of rotatable bonds is 18. The van der Waals surface area contributed by atoms with Crippen LogP contribution in [0.2, 0.25) is 0 Å². The van der Waals surface area contributed by atoms with Crippen LogP contribution in [0.25, 0.3) is 0 Å². The van der Waals surface area contributed by atoms with Crippen molar-refractivity contribution >= 4 is 23.6 Å². The van der Waals surface area contributed by atoms with Crippen LogP contribution in [0.3, 0.4) is 0 Å². The number of hydrogen-bond acceptors (Lipinski definition) is 10. The highest BCUT2D eigenvalue weighted by Gasteiger charge is 2.45. The first kappa shape index (κ1) is 38.7. The monoisotopic (exact) mass is 616 g/mol. The first-order valence-electron chi connectivity index (χ1n) is 14.8. The molecule has 1 fully saturated rings. The number of carbonyl (C=O) groups excluding carboxylic acids is 4. The van der Waals surface area contributed by atoms with Crippen molar-refractivity contribution in [2.24, 2.45) is 5.73 Å². The number of methoxy groups -OCH3 is 3. The third-order valence-electron chi connectivity index (χ3n) is 7.90. The fraction of sp³-hybridized carbons (Fsp3) is 0.862. The molecule has 0 unspecified atom stereocenters. The second-order valence-corrected chi connectivity index (χ2v) is 12.9. The predicted molar refractivity (Wildman–Crippen MR) is 161 cm³/mol. The Balaban J connectivity index is 3.16. The zero-order valence-electron chi connectivity index (χ0n) is 27.8. The maximum atomic E-state index is 13.8. The number of amides is 4. The van der Waals surface area contributed by atoms with Crippen molar-refractivity contribution in [2.75, 3.05) is 67.3 Å². The van der Waals surface area contributed by atoms with Crippen LogP contribution < -0.4 is 11.1 Å². The van der Waals surface area contributed by atoms with E-state index in [-0.39, 0.29) is 57.9 Å². The summed E-state index contributed by atoms with van der Waals surface area (Å²) in [5, 5.41) is 15.3. The van der Waals surface area contributed by atoms with Crippen molar-refractivity contribution in [1.82, 2.24) is 25.1 Å². The van der Waals surface area contributed by atoms with Crippen LogP contribution in [0.4, 0.5) is 0 Å². The molecule has 0 aliphatic carbocycles. The Morgan fingerprint density at radius 2 is 1.12 bits per heavy atom. The SMILES string of the molecule is COC[C@H](C)N(CC(N)=O)C(=O)CN(C(=O)CN(C(=O)CNC1CC(C)(C)N(O)C(C)(C)C1)[C@@H](C)COC)[C@@H](C)COC. The number of nitrogens with two attached hydrogens (primary N) is 1. The van der Waals surface area contributed by atoms with E-state index >= 15 is 0 Å². The molecule has 1 aliphatic rings. The molecular formula is C29H56N6O8. The minimum atomic E-state index is -0.687. The average molecular weight is 617 g/mol. The number of nitrogens with zero attached hydrogens (tertiary/aromatic N) is 4. The topological polar surface area (TPSA) is 167 Å². The molecule has 0 radical (unpaired) electrons. The molecule has 4 N–H and O–H groups in total. The highest BCUT2D eigenvalue weighted by Crippen LogP contribution is 2.36. The lowest BCUT2D eigenvalue weighted by molar-refractivity contribution is -0.246. The molecule has 0 bridgehead atoms. The molecular weight excluding hydrogens is 560 g/mol. The van der Waals surface area contributed by atoms with Crippen LogP contribution in [0.1, 0.15) is 61.3 Å². The van der Waals surface area contributed by atoms with E-state index in [4.69, 9.17) is 19.9 Å². The summed E-state index contributed by atoms with van der Waals surface area (Å²) in [6, 6.07) is -1.43. The Bertz CT molecular complexity index is 915. The molecule has 0 aromatic rings. The predicted octanol–water partition coefficient (Wildman–Crippen LogP) is 0.0626. The van der Waals surface area contributed by atoms with Gasteiger partial charge in [0.15, 0.2) is 0 Å². The van der Waals surface area contributed by atoms with Crippen molar-refractivity contribution in [3.8, 4) is 0 Å². The second-order valence-electron chi connectivity index (χ2n) is 12.9. The summed E-state index contributed by atoms with van der Waals surface area (Å²) >= 11 is 0. The van der Waals surface area contributed by atoms with E-state index < -0.39 is 46.9 Å². The number of piperidine rings is 1. The van der Waals surface area contributed by atoms with E-state index in [1.54, 1.807) is 20.8 Å². The maximum Gasteiger partial charge on any atom is 0.242 e. The van der Waals surface area contributed by atoms with Gasteiger partial charge in [-0.2, -0.15) is 5.06 Å². The number of primary amides is 1. The van der Waals surface area contributed by atoms with E-state index in [9.17, 15) is 24.4 Å². The highest BCUT2D eigenvalue weighted by atomic mass is 16.5. The molecule has 14 nitrogen and oxygen atoms in total. The molecule has 0 aromatic carbocycles. The molecule has 250 valence electrons. The van der Waals surface area contributed by atoms with E-state index in [0.717, 1.165) is 0 Å². The third kappa shape index (κ3) is 11.6. The molecule has 1 heterocycles. The lowest BCUT2D eigenvalue weighted by Crippen LogP contribution is -2.63. The molecule has 3 atom stereocenters. The van der Waals surface area contributed by atoms with Crippen LogP contribution in [0.15, 0.2) is 0 Å². The Morgan fingerprint density at radius 1 is 0.767 bits per heavy atom. The number of carbonyl (C=O) groups is 4. The van der Waals surface area contributed by atoms with Gasteiger partial charge in [0.2, 0.25) is 23.6 Å². The van der Waals surface area contributed by atoms with Gasteiger partial charge >= 0.3 is 0 Å². The number of nitrogens with one attached hydrogen (secondary N) is 1. The van der Waals surface area contributed by atoms with Gasteiger partial charge in [0, 0.05) is 38.4 Å². The summed E-state index contributed by atoms with van der Waals surface area (Å²) in [5.41, 5.74) is 4.41. The van der Waals surface area contributed by atoms with Gasteiger partial charge in [-0.1, -0.05) is 0 Å². The van der Waals surface area contributed by atoms with Gasteiger partial charge < -0.3 is 45.2 Å². The molecule has 4 amide bonds. The fourth-order valence-corrected chi connectivity index (χ4v) is 5.85. The standard InChI is InChI=1S/C29H56N6O8/c1-20(17-41-8)32(14-24(30)36)26(38)16-34(22(3)19-43-10)27(39)15-33(21(2)18-42-9)25(37)13-31-23-11-28(4,5)35(40)29(6,7)12-23/h20-23,31,40H,11-19H2,1-10H3,(H2,30,36)/t20-,21-,22-/m0/s1. The van der Waals surface area contributed by atoms with Crippen LogP contribution in [-0.4, -0.2) is 151 Å². The summed E-state index contributed by atoms with van der Waals surface area (Å²) in [7, 11) is 4.50. The Hall–Kier alpha value is -2.36. The average Bonchev–Trinajstić information content (AvgIpc) is 2.90. The van der Waals surface area contributed by atoms with Gasteiger partial charge in [-0.05, 0) is 61.3 Å². The molecule has 14 heteroatoms. The van der Waals surface area contributed by atoms with E-state index in [1.165, 1.54) is 41.1 Å². The van der Waals surface area contributed by atoms with Gasteiger partial charge in [0.05, 0.1) is 51.0 Å². The Labute approximate surface area is 257 Å². The number of hydrogen-bond donors (Lipinski definition) is 3. The molecule has 0 aromatic heterocycles. The molecule has 43 heavy (non-hydrogen) atoms. The summed E-state index contributed by atoms with van der Waals surface area (Å²) in [5.74, 6) is -1.92. The van der Waals surface area contributed by atoms with Crippen molar-refractivity contribution in [2.45, 2.75) is 96.6 Å². The van der Waals surface area contributed by atoms with E-state index in [1.807, 2.05) is 27.7 Å². The van der Waals surface area contributed by atoms with Crippen LogP contribution in [0.5, 0.6) is 0 Å².